The standard InChI is InChI=1S/C20H18N2O4/c23-17(11-12-18(24)25)21-22-19(26)16-13-20(16,14-7-3-1-4-8-14)15-9-5-2-6-10-15/h1-12,16H,13H2,(H,21,23)(H,22,26)(H,24,25)/b12-11-. The molecule has 0 aromatic heterocycles. The highest BCUT2D eigenvalue weighted by molar-refractivity contribution is 5.95. The molecular formula is C20H18N2O4. The molecule has 1 saturated carbocycles. The van der Waals surface area contributed by atoms with Gasteiger partial charge in [-0.1, -0.05) is 60.7 Å². The van der Waals surface area contributed by atoms with E-state index in [-0.39, 0.29) is 11.8 Å². The Morgan fingerprint density at radius 1 is 0.885 bits per heavy atom. The largest absolute Gasteiger partial charge is 0.478 e. The highest BCUT2D eigenvalue weighted by Crippen LogP contribution is 2.58. The summed E-state index contributed by atoms with van der Waals surface area (Å²) in [6.07, 6.45) is 2.18. The van der Waals surface area contributed by atoms with Crippen LogP contribution in [0.3, 0.4) is 0 Å². The van der Waals surface area contributed by atoms with Crippen molar-refractivity contribution in [3.05, 3.63) is 83.9 Å². The van der Waals surface area contributed by atoms with Crippen LogP contribution in [0.15, 0.2) is 72.8 Å². The van der Waals surface area contributed by atoms with Crippen LogP contribution in [0, 0.1) is 5.92 Å². The Balaban J connectivity index is 1.75. The predicted octanol–water partition coefficient (Wildman–Crippen LogP) is 1.78. The lowest BCUT2D eigenvalue weighted by Gasteiger charge is -2.19. The van der Waals surface area contributed by atoms with Crippen LogP contribution < -0.4 is 10.9 Å². The predicted molar refractivity (Wildman–Crippen MR) is 94.8 cm³/mol. The summed E-state index contributed by atoms with van der Waals surface area (Å²) in [6, 6.07) is 19.6. The first-order valence-electron chi connectivity index (χ1n) is 8.16. The van der Waals surface area contributed by atoms with Crippen LogP contribution in [0.1, 0.15) is 17.5 Å². The minimum absolute atomic E-state index is 0.310. The summed E-state index contributed by atoms with van der Waals surface area (Å²) in [5.74, 6) is -2.57. The molecule has 2 amide bonds. The summed E-state index contributed by atoms with van der Waals surface area (Å²) in [7, 11) is 0. The third-order valence-electron chi connectivity index (χ3n) is 4.54. The van der Waals surface area contributed by atoms with Crippen molar-refractivity contribution in [2.45, 2.75) is 11.8 Å². The van der Waals surface area contributed by atoms with Crippen LogP contribution in [-0.4, -0.2) is 22.9 Å². The van der Waals surface area contributed by atoms with Gasteiger partial charge >= 0.3 is 5.97 Å². The fraction of sp³-hybridized carbons (Fsp3) is 0.150. The quantitative estimate of drug-likeness (QED) is 0.566. The SMILES string of the molecule is O=C(O)/C=C\C(=O)NNC(=O)C1CC1(c1ccccc1)c1ccccc1. The number of hydrogen-bond acceptors (Lipinski definition) is 3. The molecule has 1 unspecified atom stereocenters. The molecular weight excluding hydrogens is 332 g/mol. The van der Waals surface area contributed by atoms with Gasteiger partial charge in [0.1, 0.15) is 0 Å². The summed E-state index contributed by atoms with van der Waals surface area (Å²) < 4.78 is 0. The molecule has 1 aliphatic rings. The number of nitrogens with one attached hydrogen (secondary N) is 2. The molecule has 3 rings (SSSR count). The van der Waals surface area contributed by atoms with Gasteiger partial charge in [0.25, 0.3) is 5.91 Å². The lowest BCUT2D eigenvalue weighted by molar-refractivity contribution is -0.131. The number of carbonyl (C=O) groups excluding carboxylic acids is 2. The van der Waals surface area contributed by atoms with Crippen molar-refractivity contribution in [2.24, 2.45) is 5.92 Å². The summed E-state index contributed by atoms with van der Waals surface area (Å²) in [6.45, 7) is 0. The van der Waals surface area contributed by atoms with E-state index < -0.39 is 17.3 Å². The van der Waals surface area contributed by atoms with Gasteiger partial charge in [0, 0.05) is 17.6 Å². The van der Waals surface area contributed by atoms with Gasteiger partial charge in [0.15, 0.2) is 0 Å². The maximum absolute atomic E-state index is 12.5. The smallest absolute Gasteiger partial charge is 0.328 e. The topological polar surface area (TPSA) is 95.5 Å². The second-order valence-electron chi connectivity index (χ2n) is 6.11. The first-order chi connectivity index (χ1) is 12.5. The molecule has 3 N–H and O–H groups in total. The van der Waals surface area contributed by atoms with Crippen molar-refractivity contribution in [1.29, 1.82) is 0 Å². The van der Waals surface area contributed by atoms with Crippen LogP contribution in [0.2, 0.25) is 0 Å². The van der Waals surface area contributed by atoms with E-state index >= 15 is 0 Å². The van der Waals surface area contributed by atoms with Gasteiger partial charge in [-0.25, -0.2) is 4.79 Å². The number of benzene rings is 2. The number of aliphatic carboxylic acids is 1. The van der Waals surface area contributed by atoms with E-state index in [1.807, 2.05) is 60.7 Å². The summed E-state index contributed by atoms with van der Waals surface area (Å²) in [5, 5.41) is 8.50. The average Bonchev–Trinajstić information content (AvgIpc) is 3.43. The first kappa shape index (κ1) is 17.4. The van der Waals surface area contributed by atoms with Gasteiger partial charge in [-0.15, -0.1) is 0 Å². The van der Waals surface area contributed by atoms with Gasteiger partial charge in [-0.2, -0.15) is 0 Å². The van der Waals surface area contributed by atoms with Gasteiger partial charge in [-0.05, 0) is 17.5 Å². The van der Waals surface area contributed by atoms with Crippen LogP contribution in [0.4, 0.5) is 0 Å². The van der Waals surface area contributed by atoms with Gasteiger partial charge < -0.3 is 5.11 Å². The number of carboxylic acid groups (broad SMARTS) is 1. The molecule has 1 aliphatic carbocycles. The molecule has 2 aromatic carbocycles. The number of rotatable bonds is 5. The number of hydrazine groups is 1. The maximum atomic E-state index is 12.5. The van der Waals surface area contributed by atoms with E-state index in [9.17, 15) is 14.4 Å². The third-order valence-corrected chi connectivity index (χ3v) is 4.54. The molecule has 6 nitrogen and oxygen atoms in total. The zero-order valence-corrected chi connectivity index (χ0v) is 13.9. The molecule has 0 heterocycles. The van der Waals surface area contributed by atoms with E-state index in [0.717, 1.165) is 17.2 Å². The second kappa shape index (κ2) is 7.23. The van der Waals surface area contributed by atoms with Crippen molar-refractivity contribution >= 4 is 17.8 Å². The Kier molecular flexibility index (Phi) is 4.84. The Morgan fingerprint density at radius 3 is 1.92 bits per heavy atom. The molecule has 0 bridgehead atoms. The fourth-order valence-electron chi connectivity index (χ4n) is 3.25. The highest BCUT2D eigenvalue weighted by atomic mass is 16.4. The van der Waals surface area contributed by atoms with Gasteiger partial charge in [-0.3, -0.25) is 20.4 Å². The van der Waals surface area contributed by atoms with Crippen LogP contribution in [0.25, 0.3) is 0 Å². The van der Waals surface area contributed by atoms with Crippen molar-refractivity contribution in [1.82, 2.24) is 10.9 Å². The Hall–Kier alpha value is -3.41. The Morgan fingerprint density at radius 2 is 1.42 bits per heavy atom. The monoisotopic (exact) mass is 350 g/mol. The van der Waals surface area contributed by atoms with Crippen LogP contribution in [-0.2, 0) is 19.8 Å². The van der Waals surface area contributed by atoms with Gasteiger partial charge in [0.05, 0.1) is 5.92 Å². The van der Waals surface area contributed by atoms with E-state index in [1.54, 1.807) is 0 Å². The number of amides is 2. The third kappa shape index (κ3) is 3.49. The van der Waals surface area contributed by atoms with E-state index in [1.165, 1.54) is 0 Å². The second-order valence-corrected chi connectivity index (χ2v) is 6.11. The average molecular weight is 350 g/mol. The lowest BCUT2D eigenvalue weighted by Crippen LogP contribution is -2.42. The summed E-state index contributed by atoms with van der Waals surface area (Å²) >= 11 is 0. The van der Waals surface area contributed by atoms with Gasteiger partial charge in [0.2, 0.25) is 5.91 Å². The summed E-state index contributed by atoms with van der Waals surface area (Å²) in [5.41, 5.74) is 6.26. The first-order valence-corrected chi connectivity index (χ1v) is 8.16. The number of hydrogen-bond donors (Lipinski definition) is 3. The van der Waals surface area contributed by atoms with E-state index in [4.69, 9.17) is 5.11 Å². The lowest BCUT2D eigenvalue weighted by atomic mass is 9.85. The zero-order valence-electron chi connectivity index (χ0n) is 13.9. The molecule has 6 heteroatoms. The molecule has 2 aromatic rings. The zero-order chi connectivity index (χ0) is 18.6. The molecule has 1 atom stereocenters. The van der Waals surface area contributed by atoms with Crippen molar-refractivity contribution in [2.75, 3.05) is 0 Å². The molecule has 0 spiro atoms. The minimum atomic E-state index is -1.24. The van der Waals surface area contributed by atoms with Crippen LogP contribution >= 0.6 is 0 Å². The minimum Gasteiger partial charge on any atom is -0.478 e. The Labute approximate surface area is 150 Å². The molecule has 0 saturated heterocycles. The molecule has 26 heavy (non-hydrogen) atoms. The highest BCUT2D eigenvalue weighted by Gasteiger charge is 2.60. The van der Waals surface area contributed by atoms with Crippen molar-refractivity contribution in [3.8, 4) is 0 Å². The van der Waals surface area contributed by atoms with Crippen molar-refractivity contribution < 1.29 is 19.5 Å². The van der Waals surface area contributed by atoms with Crippen LogP contribution in [0.5, 0.6) is 0 Å². The maximum Gasteiger partial charge on any atom is 0.328 e. The number of carbonyl (C=O) groups is 3. The number of carboxylic acids is 1. The van der Waals surface area contributed by atoms with E-state index in [2.05, 4.69) is 10.9 Å². The normalized spacial score (nSPS) is 17.5. The van der Waals surface area contributed by atoms with Crippen molar-refractivity contribution in [3.63, 3.8) is 0 Å². The molecule has 0 aliphatic heterocycles. The fourth-order valence-corrected chi connectivity index (χ4v) is 3.25. The molecule has 1 fully saturated rings. The molecule has 0 radical (unpaired) electrons. The molecule has 132 valence electrons. The van der Waals surface area contributed by atoms with E-state index in [0.29, 0.717) is 12.5 Å². The Bertz CT molecular complexity index is 807. The summed E-state index contributed by atoms with van der Waals surface area (Å²) in [4.78, 5) is 34.5.